The molecule has 4 heteroatoms. The standard InChI is InChI=1S/C14H12N2O2/c1-8-13(14(18)11(7-15)9(2)17)10-5-3-4-6-12(10)16-8/h3-6,11,16H,1-2H3/t11-/m1/s1. The summed E-state index contributed by atoms with van der Waals surface area (Å²) in [5, 5.41) is 9.68. The Labute approximate surface area is 104 Å². The molecule has 2 aromatic rings. The Kier molecular flexibility index (Phi) is 2.99. The molecule has 4 nitrogen and oxygen atoms in total. The molecule has 18 heavy (non-hydrogen) atoms. The minimum absolute atomic E-state index is 0.424. The predicted molar refractivity (Wildman–Crippen MR) is 67.2 cm³/mol. The first-order chi connectivity index (χ1) is 8.56. The number of carbonyl (C=O) groups is 2. The zero-order valence-electron chi connectivity index (χ0n) is 10.2. The van der Waals surface area contributed by atoms with E-state index in [0.29, 0.717) is 11.3 Å². The van der Waals surface area contributed by atoms with E-state index in [4.69, 9.17) is 5.26 Å². The highest BCUT2D eigenvalue weighted by Gasteiger charge is 2.27. The van der Waals surface area contributed by atoms with Gasteiger partial charge in [0.2, 0.25) is 0 Å². The van der Waals surface area contributed by atoms with Crippen LogP contribution in [0.5, 0.6) is 0 Å². The van der Waals surface area contributed by atoms with E-state index in [2.05, 4.69) is 4.98 Å². The zero-order chi connectivity index (χ0) is 13.3. The van der Waals surface area contributed by atoms with Gasteiger partial charge in [-0.15, -0.1) is 0 Å². The van der Waals surface area contributed by atoms with Crippen molar-refractivity contribution in [3.05, 3.63) is 35.5 Å². The molecule has 90 valence electrons. The first-order valence-corrected chi connectivity index (χ1v) is 5.58. The average molecular weight is 240 g/mol. The summed E-state index contributed by atoms with van der Waals surface area (Å²) in [5.41, 5.74) is 1.95. The van der Waals surface area contributed by atoms with Crippen molar-refractivity contribution >= 4 is 22.5 Å². The minimum Gasteiger partial charge on any atom is -0.358 e. The molecular formula is C14H12N2O2. The van der Waals surface area contributed by atoms with Crippen LogP contribution in [0.3, 0.4) is 0 Å². The van der Waals surface area contributed by atoms with Crippen LogP contribution in [0.15, 0.2) is 24.3 Å². The number of nitrogens with one attached hydrogen (secondary N) is 1. The van der Waals surface area contributed by atoms with Crippen molar-refractivity contribution in [2.24, 2.45) is 5.92 Å². The lowest BCUT2D eigenvalue weighted by molar-refractivity contribution is -0.118. The number of benzene rings is 1. The Morgan fingerprint density at radius 1 is 1.33 bits per heavy atom. The van der Waals surface area contributed by atoms with E-state index in [0.717, 1.165) is 10.9 Å². The Morgan fingerprint density at radius 2 is 2.00 bits per heavy atom. The van der Waals surface area contributed by atoms with Gasteiger partial charge < -0.3 is 4.98 Å². The monoisotopic (exact) mass is 240 g/mol. The maximum absolute atomic E-state index is 12.2. The van der Waals surface area contributed by atoms with Crippen LogP contribution in [-0.2, 0) is 4.79 Å². The number of hydrogen-bond acceptors (Lipinski definition) is 3. The predicted octanol–water partition coefficient (Wildman–Crippen LogP) is 2.39. The second kappa shape index (κ2) is 4.46. The number of aromatic amines is 1. The van der Waals surface area contributed by atoms with Crippen LogP contribution in [0.25, 0.3) is 10.9 Å². The third-order valence-corrected chi connectivity index (χ3v) is 2.94. The van der Waals surface area contributed by atoms with Crippen molar-refractivity contribution in [1.29, 1.82) is 5.26 Å². The van der Waals surface area contributed by atoms with Crippen LogP contribution >= 0.6 is 0 Å². The van der Waals surface area contributed by atoms with Crippen LogP contribution in [0.4, 0.5) is 0 Å². The highest BCUT2D eigenvalue weighted by atomic mass is 16.1. The Bertz CT molecular complexity index is 677. The molecule has 0 spiro atoms. The zero-order valence-corrected chi connectivity index (χ0v) is 10.2. The molecule has 0 aliphatic rings. The van der Waals surface area contributed by atoms with Gasteiger partial charge in [-0.3, -0.25) is 9.59 Å². The number of para-hydroxylation sites is 1. The van der Waals surface area contributed by atoms with E-state index >= 15 is 0 Å². The van der Waals surface area contributed by atoms with Gasteiger partial charge in [0, 0.05) is 22.2 Å². The van der Waals surface area contributed by atoms with Gasteiger partial charge in [-0.1, -0.05) is 18.2 Å². The topological polar surface area (TPSA) is 73.7 Å². The fourth-order valence-electron chi connectivity index (χ4n) is 2.07. The summed E-state index contributed by atoms with van der Waals surface area (Å²) in [6.45, 7) is 3.03. The first-order valence-electron chi connectivity index (χ1n) is 5.58. The largest absolute Gasteiger partial charge is 0.358 e. The molecule has 1 N–H and O–H groups in total. The molecule has 2 rings (SSSR count). The van der Waals surface area contributed by atoms with Gasteiger partial charge in [0.05, 0.1) is 6.07 Å². The number of aryl methyl sites for hydroxylation is 1. The number of carbonyl (C=O) groups excluding carboxylic acids is 2. The summed E-state index contributed by atoms with van der Waals surface area (Å²) in [4.78, 5) is 26.6. The van der Waals surface area contributed by atoms with Gasteiger partial charge in [0.1, 0.15) is 0 Å². The number of nitriles is 1. The SMILES string of the molecule is CC(=O)[C@@H](C#N)C(=O)c1c(C)[nH]c2ccccc12. The Hall–Kier alpha value is -2.41. The van der Waals surface area contributed by atoms with E-state index in [1.165, 1.54) is 6.92 Å². The summed E-state index contributed by atoms with van der Waals surface area (Å²) in [5.74, 6) is -2.07. The molecule has 0 saturated heterocycles. The summed E-state index contributed by atoms with van der Waals surface area (Å²) < 4.78 is 0. The Morgan fingerprint density at radius 3 is 2.61 bits per heavy atom. The van der Waals surface area contributed by atoms with Gasteiger partial charge in [0.25, 0.3) is 0 Å². The molecule has 1 atom stereocenters. The van der Waals surface area contributed by atoms with Crippen LogP contribution < -0.4 is 0 Å². The number of fused-ring (bicyclic) bond motifs is 1. The maximum Gasteiger partial charge on any atom is 0.189 e. The molecule has 0 saturated carbocycles. The van der Waals surface area contributed by atoms with Gasteiger partial charge in [-0.25, -0.2) is 0 Å². The van der Waals surface area contributed by atoms with Crippen molar-refractivity contribution < 1.29 is 9.59 Å². The van der Waals surface area contributed by atoms with Gasteiger partial charge >= 0.3 is 0 Å². The quantitative estimate of drug-likeness (QED) is 0.661. The van der Waals surface area contributed by atoms with Gasteiger partial charge in [-0.2, -0.15) is 5.26 Å². The maximum atomic E-state index is 12.2. The second-order valence-corrected chi connectivity index (χ2v) is 4.21. The van der Waals surface area contributed by atoms with E-state index in [9.17, 15) is 9.59 Å². The number of hydrogen-bond donors (Lipinski definition) is 1. The van der Waals surface area contributed by atoms with Crippen molar-refractivity contribution in [2.45, 2.75) is 13.8 Å². The molecule has 0 unspecified atom stereocenters. The molecule has 0 amide bonds. The minimum atomic E-state index is -1.22. The molecule has 0 radical (unpaired) electrons. The fraction of sp³-hybridized carbons (Fsp3) is 0.214. The lowest BCUT2D eigenvalue weighted by atomic mass is 9.94. The highest BCUT2D eigenvalue weighted by Crippen LogP contribution is 2.24. The number of Topliss-reactive ketones (excluding diaryl/α,β-unsaturated/α-hetero) is 2. The lowest BCUT2D eigenvalue weighted by Crippen LogP contribution is -2.20. The highest BCUT2D eigenvalue weighted by molar-refractivity contribution is 6.18. The molecule has 0 aliphatic heterocycles. The summed E-state index contributed by atoms with van der Waals surface area (Å²) in [6, 6.07) is 9.11. The number of ketones is 2. The molecule has 1 heterocycles. The molecule has 1 aromatic heterocycles. The van der Waals surface area contributed by atoms with Gasteiger partial charge in [-0.05, 0) is 19.9 Å². The van der Waals surface area contributed by atoms with Gasteiger partial charge in [0.15, 0.2) is 17.5 Å². The number of rotatable bonds is 3. The Balaban J connectivity index is 2.61. The molecular weight excluding hydrogens is 228 g/mol. The normalized spacial score (nSPS) is 12.1. The number of H-pyrrole nitrogens is 1. The molecule has 0 aliphatic carbocycles. The second-order valence-electron chi connectivity index (χ2n) is 4.21. The lowest BCUT2D eigenvalue weighted by Gasteiger charge is -2.04. The summed E-state index contributed by atoms with van der Waals surface area (Å²) in [6.07, 6.45) is 0. The van der Waals surface area contributed by atoms with E-state index in [1.54, 1.807) is 19.1 Å². The van der Waals surface area contributed by atoms with Crippen LogP contribution in [-0.4, -0.2) is 16.6 Å². The summed E-state index contributed by atoms with van der Waals surface area (Å²) >= 11 is 0. The van der Waals surface area contributed by atoms with Crippen molar-refractivity contribution in [3.63, 3.8) is 0 Å². The number of nitrogens with zero attached hydrogens (tertiary/aromatic N) is 1. The van der Waals surface area contributed by atoms with E-state index < -0.39 is 17.5 Å². The summed E-state index contributed by atoms with van der Waals surface area (Å²) in [7, 11) is 0. The average Bonchev–Trinajstić information content (AvgIpc) is 2.64. The van der Waals surface area contributed by atoms with Crippen LogP contribution in [0.2, 0.25) is 0 Å². The van der Waals surface area contributed by atoms with Crippen molar-refractivity contribution in [1.82, 2.24) is 4.98 Å². The fourth-order valence-corrected chi connectivity index (χ4v) is 2.07. The van der Waals surface area contributed by atoms with Crippen LogP contribution in [0, 0.1) is 24.2 Å². The smallest absolute Gasteiger partial charge is 0.189 e. The third kappa shape index (κ3) is 1.80. The van der Waals surface area contributed by atoms with Crippen molar-refractivity contribution in [2.75, 3.05) is 0 Å². The third-order valence-electron chi connectivity index (χ3n) is 2.94. The van der Waals surface area contributed by atoms with E-state index in [1.807, 2.05) is 18.2 Å². The molecule has 0 fully saturated rings. The van der Waals surface area contributed by atoms with E-state index in [-0.39, 0.29) is 0 Å². The van der Waals surface area contributed by atoms with Crippen molar-refractivity contribution in [3.8, 4) is 6.07 Å². The molecule has 0 bridgehead atoms. The first kappa shape index (κ1) is 12.1. The van der Waals surface area contributed by atoms with Crippen LogP contribution in [0.1, 0.15) is 23.0 Å². The number of aromatic nitrogens is 1. The molecule has 1 aromatic carbocycles.